The molecule has 2 rings (SSSR count). The molecule has 21 heavy (non-hydrogen) atoms. The van der Waals surface area contributed by atoms with Gasteiger partial charge >= 0.3 is 10.2 Å². The van der Waals surface area contributed by atoms with Crippen molar-refractivity contribution >= 4 is 16.1 Å². The third kappa shape index (κ3) is 4.15. The molecule has 1 saturated carbocycles. The highest BCUT2D eigenvalue weighted by atomic mass is 32.2. The maximum atomic E-state index is 12.2. The molecular formula is C13H24N2O5S. The number of nitrogens with one attached hydrogen (secondary N) is 1. The second-order valence-corrected chi connectivity index (χ2v) is 7.26. The van der Waals surface area contributed by atoms with E-state index in [1.165, 1.54) is 4.31 Å². The number of carbonyl (C=O) groups excluding carboxylic acids is 1. The zero-order chi connectivity index (χ0) is 15.5. The Labute approximate surface area is 126 Å². The number of rotatable bonds is 7. The molecule has 122 valence electrons. The third-order valence-electron chi connectivity index (χ3n) is 4.14. The Kier molecular flexibility index (Phi) is 5.24. The Morgan fingerprint density at radius 1 is 1.38 bits per heavy atom. The highest BCUT2D eigenvalue weighted by Crippen LogP contribution is 2.30. The Hall–Kier alpha value is -0.700. The van der Waals surface area contributed by atoms with E-state index < -0.39 is 21.7 Å². The van der Waals surface area contributed by atoms with Crippen molar-refractivity contribution < 1.29 is 22.7 Å². The van der Waals surface area contributed by atoms with Gasteiger partial charge in [0.1, 0.15) is 0 Å². The summed E-state index contributed by atoms with van der Waals surface area (Å²) < 4.78 is 38.7. The fourth-order valence-corrected chi connectivity index (χ4v) is 4.13. The van der Waals surface area contributed by atoms with Gasteiger partial charge in [0.25, 0.3) is 0 Å². The van der Waals surface area contributed by atoms with Gasteiger partial charge in [-0.05, 0) is 12.8 Å². The summed E-state index contributed by atoms with van der Waals surface area (Å²) in [5.41, 5.74) is -0.617. The molecule has 1 aliphatic carbocycles. The summed E-state index contributed by atoms with van der Waals surface area (Å²) in [5.74, 6) is -0.516. The quantitative estimate of drug-likeness (QED) is 0.735. The van der Waals surface area contributed by atoms with Gasteiger partial charge in [-0.2, -0.15) is 12.7 Å². The number of amides is 1. The minimum atomic E-state index is -3.75. The molecule has 0 aromatic carbocycles. The van der Waals surface area contributed by atoms with Crippen LogP contribution in [0, 0.1) is 0 Å². The molecule has 0 radical (unpaired) electrons. The lowest BCUT2D eigenvalue weighted by molar-refractivity contribution is -0.133. The average Bonchev–Trinajstić information content (AvgIpc) is 3.24. The van der Waals surface area contributed by atoms with Gasteiger partial charge in [0.15, 0.2) is 0 Å². The lowest BCUT2D eigenvalue weighted by atomic mass is 9.90. The highest BCUT2D eigenvalue weighted by Gasteiger charge is 2.39. The van der Waals surface area contributed by atoms with E-state index >= 15 is 0 Å². The lowest BCUT2D eigenvalue weighted by Gasteiger charge is -2.35. The van der Waals surface area contributed by atoms with E-state index in [-0.39, 0.29) is 12.5 Å². The van der Waals surface area contributed by atoms with Crippen molar-refractivity contribution in [3.63, 3.8) is 0 Å². The van der Waals surface area contributed by atoms with E-state index in [0.29, 0.717) is 32.6 Å². The molecular weight excluding hydrogens is 296 g/mol. The number of carbonyl (C=O) groups is 1. The Balaban J connectivity index is 1.96. The van der Waals surface area contributed by atoms with Gasteiger partial charge in [-0.15, -0.1) is 0 Å². The summed E-state index contributed by atoms with van der Waals surface area (Å²) in [4.78, 5) is 12.1. The average molecular weight is 320 g/mol. The van der Waals surface area contributed by atoms with Crippen LogP contribution in [-0.2, 0) is 24.5 Å². The Morgan fingerprint density at radius 3 is 2.48 bits per heavy atom. The molecule has 0 bridgehead atoms. The van der Waals surface area contributed by atoms with E-state index in [1.54, 1.807) is 14.0 Å². The van der Waals surface area contributed by atoms with Crippen molar-refractivity contribution in [1.29, 1.82) is 0 Å². The number of hydrogen-bond acceptors (Lipinski definition) is 5. The van der Waals surface area contributed by atoms with Crippen LogP contribution in [0.5, 0.6) is 0 Å². The largest absolute Gasteiger partial charge is 0.381 e. The van der Waals surface area contributed by atoms with Crippen LogP contribution in [-0.4, -0.2) is 57.1 Å². The summed E-state index contributed by atoms with van der Waals surface area (Å²) in [7, 11) is -2.20. The number of hydrogen-bond donors (Lipinski definition) is 1. The molecule has 0 aromatic rings. The molecule has 1 saturated heterocycles. The minimum Gasteiger partial charge on any atom is -0.381 e. The van der Waals surface area contributed by atoms with Crippen LogP contribution in [0.3, 0.4) is 0 Å². The first-order valence-electron chi connectivity index (χ1n) is 7.38. The van der Waals surface area contributed by atoms with Crippen LogP contribution in [0.25, 0.3) is 0 Å². The Morgan fingerprint density at radius 2 is 2.00 bits per heavy atom. The SMILES string of the molecule is CCN(C1CC1)S(=O)(=O)NC(=O)CC1(OC)CCOCC1. The van der Waals surface area contributed by atoms with Gasteiger partial charge < -0.3 is 9.47 Å². The first-order chi connectivity index (χ1) is 9.92. The zero-order valence-electron chi connectivity index (χ0n) is 12.6. The van der Waals surface area contributed by atoms with Crippen molar-refractivity contribution in [2.75, 3.05) is 26.9 Å². The van der Waals surface area contributed by atoms with Crippen molar-refractivity contribution in [1.82, 2.24) is 9.03 Å². The van der Waals surface area contributed by atoms with Gasteiger partial charge in [0.05, 0.1) is 12.0 Å². The molecule has 0 spiro atoms. The van der Waals surface area contributed by atoms with Gasteiger partial charge in [0, 0.05) is 45.8 Å². The van der Waals surface area contributed by atoms with Crippen molar-refractivity contribution in [3.05, 3.63) is 0 Å². The Bertz CT molecular complexity index is 469. The van der Waals surface area contributed by atoms with Gasteiger partial charge in [-0.1, -0.05) is 6.92 Å². The molecule has 1 aliphatic heterocycles. The molecule has 0 aromatic heterocycles. The number of nitrogens with zero attached hydrogens (tertiary/aromatic N) is 1. The van der Waals surface area contributed by atoms with Crippen LogP contribution < -0.4 is 4.72 Å². The minimum absolute atomic E-state index is 0.0360. The molecule has 1 heterocycles. The molecule has 8 heteroatoms. The smallest absolute Gasteiger partial charge is 0.304 e. The third-order valence-corrected chi connectivity index (χ3v) is 5.80. The van der Waals surface area contributed by atoms with Gasteiger partial charge in [0.2, 0.25) is 5.91 Å². The fraction of sp³-hybridized carbons (Fsp3) is 0.923. The van der Waals surface area contributed by atoms with Gasteiger partial charge in [-0.25, -0.2) is 4.72 Å². The van der Waals surface area contributed by atoms with E-state index in [9.17, 15) is 13.2 Å². The molecule has 2 fully saturated rings. The van der Waals surface area contributed by atoms with E-state index in [0.717, 1.165) is 12.8 Å². The van der Waals surface area contributed by atoms with Crippen LogP contribution in [0.2, 0.25) is 0 Å². The number of ether oxygens (including phenoxy) is 2. The predicted octanol–water partition coefficient (Wildman–Crippen LogP) is 0.417. The summed E-state index contributed by atoms with van der Waals surface area (Å²) in [6.07, 6.45) is 2.95. The monoisotopic (exact) mass is 320 g/mol. The van der Waals surface area contributed by atoms with Crippen molar-refractivity contribution in [2.24, 2.45) is 0 Å². The lowest BCUT2D eigenvalue weighted by Crippen LogP contribution is -2.48. The van der Waals surface area contributed by atoms with Crippen LogP contribution in [0.1, 0.15) is 39.0 Å². The molecule has 0 unspecified atom stereocenters. The van der Waals surface area contributed by atoms with Crippen LogP contribution in [0.15, 0.2) is 0 Å². The fourth-order valence-electron chi connectivity index (χ4n) is 2.71. The number of methoxy groups -OCH3 is 1. The summed E-state index contributed by atoms with van der Waals surface area (Å²) >= 11 is 0. The van der Waals surface area contributed by atoms with E-state index in [4.69, 9.17) is 9.47 Å². The summed E-state index contributed by atoms with van der Waals surface area (Å²) in [6, 6.07) is 0.0414. The molecule has 1 amide bonds. The standard InChI is InChI=1S/C13H24N2O5S/c1-3-15(11-4-5-11)21(17,18)14-12(16)10-13(19-2)6-8-20-9-7-13/h11H,3-10H2,1-2H3,(H,14,16). The van der Waals surface area contributed by atoms with Gasteiger partial charge in [-0.3, -0.25) is 4.79 Å². The zero-order valence-corrected chi connectivity index (χ0v) is 13.4. The predicted molar refractivity (Wildman–Crippen MR) is 76.9 cm³/mol. The second-order valence-electron chi connectivity index (χ2n) is 5.64. The molecule has 7 nitrogen and oxygen atoms in total. The molecule has 0 atom stereocenters. The summed E-state index contributed by atoms with van der Waals surface area (Å²) in [6.45, 7) is 3.20. The van der Waals surface area contributed by atoms with Crippen LogP contribution in [0.4, 0.5) is 0 Å². The first kappa shape index (κ1) is 16.7. The topological polar surface area (TPSA) is 84.9 Å². The molecule has 1 N–H and O–H groups in total. The second kappa shape index (κ2) is 6.60. The maximum absolute atomic E-state index is 12.2. The van der Waals surface area contributed by atoms with Crippen molar-refractivity contribution in [3.8, 4) is 0 Å². The van der Waals surface area contributed by atoms with Crippen LogP contribution >= 0.6 is 0 Å². The first-order valence-corrected chi connectivity index (χ1v) is 8.82. The van der Waals surface area contributed by atoms with E-state index in [2.05, 4.69) is 4.72 Å². The maximum Gasteiger partial charge on any atom is 0.304 e. The molecule has 2 aliphatic rings. The summed E-state index contributed by atoms with van der Waals surface area (Å²) in [5, 5.41) is 0. The normalized spacial score (nSPS) is 22.2. The highest BCUT2D eigenvalue weighted by molar-refractivity contribution is 7.87. The van der Waals surface area contributed by atoms with E-state index in [1.807, 2.05) is 0 Å². The van der Waals surface area contributed by atoms with Crippen molar-refractivity contribution in [2.45, 2.75) is 50.7 Å².